The molecule has 0 saturated carbocycles. The van der Waals surface area contributed by atoms with Crippen LogP contribution in [0.15, 0.2) is 0 Å². The second kappa shape index (κ2) is 5.72. The summed E-state index contributed by atoms with van der Waals surface area (Å²) in [5.74, 6) is 0.759. The minimum Gasteiger partial charge on any atom is -0.328 e. The van der Waals surface area contributed by atoms with Gasteiger partial charge in [-0.05, 0) is 25.7 Å². The molecule has 0 bridgehead atoms. The van der Waals surface area contributed by atoms with E-state index in [9.17, 15) is 0 Å². The van der Waals surface area contributed by atoms with Crippen molar-refractivity contribution in [2.24, 2.45) is 11.7 Å². The van der Waals surface area contributed by atoms with E-state index in [0.29, 0.717) is 6.04 Å². The topological polar surface area (TPSA) is 26.0 Å². The predicted molar refractivity (Wildman–Crippen MR) is 47.0 cm³/mol. The van der Waals surface area contributed by atoms with Crippen LogP contribution < -0.4 is 5.73 Å². The van der Waals surface area contributed by atoms with Crippen molar-refractivity contribution >= 4 is 0 Å². The maximum absolute atomic E-state index is 5.81. The number of hydrogen-bond acceptors (Lipinski definition) is 1. The molecule has 10 heavy (non-hydrogen) atoms. The highest BCUT2D eigenvalue weighted by molar-refractivity contribution is 4.67. The van der Waals surface area contributed by atoms with Gasteiger partial charge >= 0.3 is 0 Å². The largest absolute Gasteiger partial charge is 0.328 e. The third kappa shape index (κ3) is 3.89. The first-order chi connectivity index (χ1) is 4.72. The summed E-state index contributed by atoms with van der Waals surface area (Å²) in [5.41, 5.74) is 5.81. The molecule has 0 amide bonds. The minimum absolute atomic E-state index is 0.389. The Balaban J connectivity index is 3.50. The van der Waals surface area contributed by atoms with Crippen LogP contribution >= 0.6 is 0 Å². The standard InChI is InChI=1S/C9H21N/c1-4-6-9(7-5-2)8(3)10/h8-9H,4-7,10H2,1-3H3/t8-/m0/s1. The van der Waals surface area contributed by atoms with E-state index in [-0.39, 0.29) is 0 Å². The van der Waals surface area contributed by atoms with Crippen LogP contribution in [-0.4, -0.2) is 6.04 Å². The lowest BCUT2D eigenvalue weighted by Gasteiger charge is -2.18. The van der Waals surface area contributed by atoms with Gasteiger partial charge in [0.05, 0.1) is 0 Å². The van der Waals surface area contributed by atoms with Gasteiger partial charge in [-0.1, -0.05) is 26.7 Å². The molecule has 0 radical (unpaired) electrons. The van der Waals surface area contributed by atoms with E-state index in [2.05, 4.69) is 20.8 Å². The molecule has 0 spiro atoms. The Hall–Kier alpha value is -0.0400. The van der Waals surface area contributed by atoms with Crippen molar-refractivity contribution in [2.75, 3.05) is 0 Å². The van der Waals surface area contributed by atoms with Crippen LogP contribution in [0.3, 0.4) is 0 Å². The first kappa shape index (κ1) is 9.96. The second-order valence-electron chi connectivity index (χ2n) is 3.20. The summed E-state index contributed by atoms with van der Waals surface area (Å²) in [4.78, 5) is 0. The Morgan fingerprint density at radius 2 is 1.50 bits per heavy atom. The maximum Gasteiger partial charge on any atom is 0.00387 e. The van der Waals surface area contributed by atoms with Crippen LogP contribution in [0.1, 0.15) is 46.5 Å². The zero-order valence-electron chi connectivity index (χ0n) is 7.56. The number of nitrogens with two attached hydrogens (primary N) is 1. The SMILES string of the molecule is CCCC(CCC)[C@H](C)N. The summed E-state index contributed by atoms with van der Waals surface area (Å²) >= 11 is 0. The molecule has 0 aromatic carbocycles. The monoisotopic (exact) mass is 143 g/mol. The highest BCUT2D eigenvalue weighted by atomic mass is 14.6. The minimum atomic E-state index is 0.389. The lowest BCUT2D eigenvalue weighted by molar-refractivity contribution is 0.379. The fourth-order valence-corrected chi connectivity index (χ4v) is 1.41. The fraction of sp³-hybridized carbons (Fsp3) is 1.00. The summed E-state index contributed by atoms with van der Waals surface area (Å²) in [6, 6.07) is 0.389. The smallest absolute Gasteiger partial charge is 0.00387 e. The maximum atomic E-state index is 5.81. The Labute approximate surface area is 65.0 Å². The Bertz CT molecular complexity index is 63.1. The van der Waals surface area contributed by atoms with Crippen LogP contribution in [0.5, 0.6) is 0 Å². The van der Waals surface area contributed by atoms with Gasteiger partial charge in [0.1, 0.15) is 0 Å². The third-order valence-corrected chi connectivity index (χ3v) is 2.06. The average Bonchev–Trinajstić information content (AvgIpc) is 1.87. The van der Waals surface area contributed by atoms with Gasteiger partial charge in [0, 0.05) is 6.04 Å². The van der Waals surface area contributed by atoms with E-state index in [0.717, 1.165) is 5.92 Å². The summed E-state index contributed by atoms with van der Waals surface area (Å²) in [5, 5.41) is 0. The molecule has 1 atom stereocenters. The van der Waals surface area contributed by atoms with Gasteiger partial charge in [-0.15, -0.1) is 0 Å². The van der Waals surface area contributed by atoms with Gasteiger partial charge in [-0.3, -0.25) is 0 Å². The molecule has 0 unspecified atom stereocenters. The molecular formula is C9H21N. The number of rotatable bonds is 5. The van der Waals surface area contributed by atoms with Crippen molar-refractivity contribution in [3.8, 4) is 0 Å². The van der Waals surface area contributed by atoms with Crippen molar-refractivity contribution in [3.63, 3.8) is 0 Å². The zero-order chi connectivity index (χ0) is 7.98. The molecule has 1 nitrogen and oxygen atoms in total. The van der Waals surface area contributed by atoms with E-state index in [1.807, 2.05) is 0 Å². The molecule has 0 aromatic heterocycles. The van der Waals surface area contributed by atoms with Gasteiger partial charge in [0.15, 0.2) is 0 Å². The van der Waals surface area contributed by atoms with E-state index >= 15 is 0 Å². The zero-order valence-corrected chi connectivity index (χ0v) is 7.56. The van der Waals surface area contributed by atoms with Gasteiger partial charge in [-0.2, -0.15) is 0 Å². The van der Waals surface area contributed by atoms with Gasteiger partial charge in [0.25, 0.3) is 0 Å². The van der Waals surface area contributed by atoms with Crippen molar-refractivity contribution < 1.29 is 0 Å². The van der Waals surface area contributed by atoms with Crippen molar-refractivity contribution in [1.29, 1.82) is 0 Å². The molecule has 0 aliphatic heterocycles. The Morgan fingerprint density at radius 3 is 1.70 bits per heavy atom. The quantitative estimate of drug-likeness (QED) is 0.629. The third-order valence-electron chi connectivity index (χ3n) is 2.06. The van der Waals surface area contributed by atoms with Crippen molar-refractivity contribution in [3.05, 3.63) is 0 Å². The molecule has 1 heteroatoms. The van der Waals surface area contributed by atoms with Gasteiger partial charge in [0.2, 0.25) is 0 Å². The van der Waals surface area contributed by atoms with Gasteiger partial charge in [-0.25, -0.2) is 0 Å². The Morgan fingerprint density at radius 1 is 1.10 bits per heavy atom. The molecular weight excluding hydrogens is 122 g/mol. The van der Waals surface area contributed by atoms with Crippen LogP contribution in [0.4, 0.5) is 0 Å². The van der Waals surface area contributed by atoms with Crippen LogP contribution in [0.25, 0.3) is 0 Å². The molecule has 0 saturated heterocycles. The first-order valence-corrected chi connectivity index (χ1v) is 4.47. The van der Waals surface area contributed by atoms with Crippen LogP contribution in [0, 0.1) is 5.92 Å². The average molecular weight is 143 g/mol. The first-order valence-electron chi connectivity index (χ1n) is 4.47. The Kier molecular flexibility index (Phi) is 5.70. The van der Waals surface area contributed by atoms with E-state index in [1.54, 1.807) is 0 Å². The van der Waals surface area contributed by atoms with Crippen LogP contribution in [0.2, 0.25) is 0 Å². The molecule has 0 aliphatic rings. The normalized spacial score (nSPS) is 14.1. The highest BCUT2D eigenvalue weighted by Crippen LogP contribution is 2.15. The van der Waals surface area contributed by atoms with Crippen molar-refractivity contribution in [1.82, 2.24) is 0 Å². The molecule has 0 aliphatic carbocycles. The highest BCUT2D eigenvalue weighted by Gasteiger charge is 2.10. The second-order valence-corrected chi connectivity index (χ2v) is 3.20. The number of hydrogen-bond donors (Lipinski definition) is 1. The van der Waals surface area contributed by atoms with E-state index in [1.165, 1.54) is 25.7 Å². The van der Waals surface area contributed by atoms with Crippen LogP contribution in [-0.2, 0) is 0 Å². The molecule has 0 fully saturated rings. The van der Waals surface area contributed by atoms with Gasteiger partial charge < -0.3 is 5.73 Å². The molecule has 62 valence electrons. The lowest BCUT2D eigenvalue weighted by Crippen LogP contribution is -2.26. The predicted octanol–water partition coefficient (Wildman–Crippen LogP) is 2.55. The summed E-state index contributed by atoms with van der Waals surface area (Å²) in [6.45, 7) is 6.58. The van der Waals surface area contributed by atoms with E-state index in [4.69, 9.17) is 5.73 Å². The molecule has 0 aromatic rings. The molecule has 0 heterocycles. The lowest BCUT2D eigenvalue weighted by atomic mass is 9.92. The van der Waals surface area contributed by atoms with E-state index < -0.39 is 0 Å². The summed E-state index contributed by atoms with van der Waals surface area (Å²) in [6.07, 6.45) is 5.13. The summed E-state index contributed by atoms with van der Waals surface area (Å²) < 4.78 is 0. The van der Waals surface area contributed by atoms with Crippen molar-refractivity contribution in [2.45, 2.75) is 52.5 Å². The molecule has 2 N–H and O–H groups in total. The summed E-state index contributed by atoms with van der Waals surface area (Å²) in [7, 11) is 0. The fourth-order valence-electron chi connectivity index (χ4n) is 1.41. The molecule has 0 rings (SSSR count).